The lowest BCUT2D eigenvalue weighted by Crippen LogP contribution is -2.21. The van der Waals surface area contributed by atoms with Crippen LogP contribution in [0, 0.1) is 5.92 Å². The van der Waals surface area contributed by atoms with Crippen LogP contribution in [-0.2, 0) is 0 Å². The molecule has 0 aliphatic carbocycles. The number of rotatable bonds is 6. The molecule has 3 nitrogen and oxygen atoms in total. The molecule has 106 valence electrons. The first-order chi connectivity index (χ1) is 9.24. The van der Waals surface area contributed by atoms with Crippen molar-refractivity contribution in [2.45, 2.75) is 46.1 Å². The van der Waals surface area contributed by atoms with Crippen molar-refractivity contribution < 1.29 is 0 Å². The quantitative estimate of drug-likeness (QED) is 0.851. The summed E-state index contributed by atoms with van der Waals surface area (Å²) in [4.78, 5) is 7.09. The Morgan fingerprint density at radius 1 is 1.42 bits per heavy atom. The summed E-state index contributed by atoms with van der Waals surface area (Å²) in [5, 5.41) is 3.40. The Kier molecular flexibility index (Phi) is 5.20. The van der Waals surface area contributed by atoms with E-state index in [9.17, 15) is 0 Å². The fraction of sp³-hybridized carbons (Fsp3) is 0.688. The summed E-state index contributed by atoms with van der Waals surface area (Å²) in [5.74, 6) is 0.880. The molecule has 1 aliphatic rings. The molecular formula is C16H27N3. The maximum Gasteiger partial charge on any atom is 0.0572 e. The molecule has 2 unspecified atom stereocenters. The number of aromatic nitrogens is 1. The molecule has 0 aromatic carbocycles. The van der Waals surface area contributed by atoms with Crippen molar-refractivity contribution in [2.24, 2.45) is 5.92 Å². The molecule has 0 radical (unpaired) electrons. The predicted molar refractivity (Wildman–Crippen MR) is 81.6 cm³/mol. The Labute approximate surface area is 117 Å². The Morgan fingerprint density at radius 2 is 2.26 bits per heavy atom. The standard InChI is InChI=1S/C16H27N3/c1-4-6-14-9-10-19(12-14)15-7-8-16(18-11-15)13(3)17-5-2/h7-8,11,13-14,17H,4-6,9-10,12H2,1-3H3. The maximum absolute atomic E-state index is 4.61. The minimum Gasteiger partial charge on any atom is -0.370 e. The van der Waals surface area contributed by atoms with Crippen LogP contribution in [0.1, 0.15) is 51.8 Å². The molecule has 0 spiro atoms. The lowest BCUT2D eigenvalue weighted by molar-refractivity contribution is 0.529. The normalized spacial score (nSPS) is 20.8. The largest absolute Gasteiger partial charge is 0.370 e. The van der Waals surface area contributed by atoms with Crippen molar-refractivity contribution in [2.75, 3.05) is 24.5 Å². The molecular weight excluding hydrogens is 234 g/mol. The first kappa shape index (κ1) is 14.3. The van der Waals surface area contributed by atoms with E-state index < -0.39 is 0 Å². The van der Waals surface area contributed by atoms with Crippen molar-refractivity contribution in [3.63, 3.8) is 0 Å². The zero-order valence-corrected chi connectivity index (χ0v) is 12.5. The molecule has 1 aromatic rings. The van der Waals surface area contributed by atoms with Gasteiger partial charge in [0.1, 0.15) is 0 Å². The van der Waals surface area contributed by atoms with Crippen molar-refractivity contribution >= 4 is 5.69 Å². The van der Waals surface area contributed by atoms with Gasteiger partial charge in [0.15, 0.2) is 0 Å². The third kappa shape index (κ3) is 3.69. The molecule has 1 fully saturated rings. The number of hydrogen-bond donors (Lipinski definition) is 1. The van der Waals surface area contributed by atoms with E-state index in [1.54, 1.807) is 0 Å². The van der Waals surface area contributed by atoms with E-state index in [1.165, 1.54) is 38.0 Å². The van der Waals surface area contributed by atoms with Gasteiger partial charge in [0.2, 0.25) is 0 Å². The van der Waals surface area contributed by atoms with E-state index in [2.05, 4.69) is 48.1 Å². The summed E-state index contributed by atoms with van der Waals surface area (Å²) in [6.45, 7) is 9.95. The second-order valence-electron chi connectivity index (χ2n) is 5.61. The Morgan fingerprint density at radius 3 is 2.89 bits per heavy atom. The van der Waals surface area contributed by atoms with E-state index in [0.29, 0.717) is 6.04 Å². The molecule has 0 saturated carbocycles. The number of pyridine rings is 1. The first-order valence-corrected chi connectivity index (χ1v) is 7.68. The average molecular weight is 261 g/mol. The first-order valence-electron chi connectivity index (χ1n) is 7.68. The highest BCUT2D eigenvalue weighted by Crippen LogP contribution is 2.26. The van der Waals surface area contributed by atoms with Crippen LogP contribution in [0.3, 0.4) is 0 Å². The zero-order valence-electron chi connectivity index (χ0n) is 12.5. The Balaban J connectivity index is 1.95. The SMILES string of the molecule is CCCC1CCN(c2ccc(C(C)NCC)nc2)C1. The summed E-state index contributed by atoms with van der Waals surface area (Å²) >= 11 is 0. The second kappa shape index (κ2) is 6.90. The van der Waals surface area contributed by atoms with Gasteiger partial charge >= 0.3 is 0 Å². The van der Waals surface area contributed by atoms with Gasteiger partial charge in [0.05, 0.1) is 17.6 Å². The van der Waals surface area contributed by atoms with Crippen molar-refractivity contribution in [1.82, 2.24) is 10.3 Å². The van der Waals surface area contributed by atoms with Crippen molar-refractivity contribution in [1.29, 1.82) is 0 Å². The van der Waals surface area contributed by atoms with Crippen LogP contribution in [-0.4, -0.2) is 24.6 Å². The van der Waals surface area contributed by atoms with E-state index in [-0.39, 0.29) is 0 Å². The van der Waals surface area contributed by atoms with Gasteiger partial charge in [-0.15, -0.1) is 0 Å². The van der Waals surface area contributed by atoms with Gasteiger partial charge in [-0.05, 0) is 44.4 Å². The molecule has 0 amide bonds. The molecule has 1 aromatic heterocycles. The summed E-state index contributed by atoms with van der Waals surface area (Å²) in [7, 11) is 0. The molecule has 2 heterocycles. The van der Waals surface area contributed by atoms with Crippen LogP contribution in [0.25, 0.3) is 0 Å². The highest BCUT2D eigenvalue weighted by molar-refractivity contribution is 5.45. The highest BCUT2D eigenvalue weighted by Gasteiger charge is 2.22. The number of nitrogens with zero attached hydrogens (tertiary/aromatic N) is 2. The molecule has 19 heavy (non-hydrogen) atoms. The molecule has 1 N–H and O–H groups in total. The summed E-state index contributed by atoms with van der Waals surface area (Å²) < 4.78 is 0. The van der Waals surface area contributed by atoms with E-state index in [4.69, 9.17) is 0 Å². The predicted octanol–water partition coefficient (Wildman–Crippen LogP) is 3.38. The van der Waals surface area contributed by atoms with Gasteiger partial charge in [0.25, 0.3) is 0 Å². The molecule has 1 aliphatic heterocycles. The third-order valence-corrected chi connectivity index (χ3v) is 4.07. The van der Waals surface area contributed by atoms with Gasteiger partial charge in [-0.1, -0.05) is 20.3 Å². The summed E-state index contributed by atoms with van der Waals surface area (Å²) in [6.07, 6.45) is 6.04. The Hall–Kier alpha value is -1.09. The van der Waals surface area contributed by atoms with E-state index >= 15 is 0 Å². The minimum atomic E-state index is 0.338. The average Bonchev–Trinajstić information content (AvgIpc) is 2.88. The Bertz CT molecular complexity index is 374. The number of anilines is 1. The van der Waals surface area contributed by atoms with Crippen molar-refractivity contribution in [3.8, 4) is 0 Å². The fourth-order valence-corrected chi connectivity index (χ4v) is 2.96. The summed E-state index contributed by atoms with van der Waals surface area (Å²) in [6, 6.07) is 4.73. The monoisotopic (exact) mass is 261 g/mol. The maximum atomic E-state index is 4.61. The smallest absolute Gasteiger partial charge is 0.0572 e. The topological polar surface area (TPSA) is 28.2 Å². The molecule has 2 rings (SSSR count). The van der Waals surface area contributed by atoms with Crippen molar-refractivity contribution in [3.05, 3.63) is 24.0 Å². The van der Waals surface area contributed by atoms with Gasteiger partial charge < -0.3 is 10.2 Å². The van der Waals surface area contributed by atoms with Gasteiger partial charge in [-0.25, -0.2) is 0 Å². The molecule has 1 saturated heterocycles. The van der Waals surface area contributed by atoms with Crippen LogP contribution in [0.2, 0.25) is 0 Å². The third-order valence-electron chi connectivity index (χ3n) is 4.07. The summed E-state index contributed by atoms with van der Waals surface area (Å²) in [5.41, 5.74) is 2.42. The van der Waals surface area contributed by atoms with Gasteiger partial charge in [-0.3, -0.25) is 4.98 Å². The zero-order chi connectivity index (χ0) is 13.7. The van der Waals surface area contributed by atoms with Gasteiger partial charge in [0, 0.05) is 19.1 Å². The molecule has 3 heteroatoms. The van der Waals surface area contributed by atoms with Crippen LogP contribution in [0.15, 0.2) is 18.3 Å². The highest BCUT2D eigenvalue weighted by atomic mass is 15.2. The van der Waals surface area contributed by atoms with Crippen LogP contribution >= 0.6 is 0 Å². The minimum absolute atomic E-state index is 0.338. The van der Waals surface area contributed by atoms with E-state index in [1.807, 2.05) is 6.20 Å². The van der Waals surface area contributed by atoms with Gasteiger partial charge in [-0.2, -0.15) is 0 Å². The van der Waals surface area contributed by atoms with E-state index in [0.717, 1.165) is 18.2 Å². The van der Waals surface area contributed by atoms with Crippen LogP contribution in [0.4, 0.5) is 5.69 Å². The molecule has 0 bridgehead atoms. The fourth-order valence-electron chi connectivity index (χ4n) is 2.96. The second-order valence-corrected chi connectivity index (χ2v) is 5.61. The number of hydrogen-bond acceptors (Lipinski definition) is 3. The molecule has 2 atom stereocenters. The van der Waals surface area contributed by atoms with Crippen LogP contribution < -0.4 is 10.2 Å². The lowest BCUT2D eigenvalue weighted by atomic mass is 10.0. The number of nitrogens with one attached hydrogen (secondary N) is 1. The lowest BCUT2D eigenvalue weighted by Gasteiger charge is -2.19. The van der Waals surface area contributed by atoms with Crippen LogP contribution in [0.5, 0.6) is 0 Å².